The fraction of sp³-hybridized carbons (Fsp3) is 0.455. The van der Waals surface area contributed by atoms with E-state index in [2.05, 4.69) is 4.72 Å². The highest BCUT2D eigenvalue weighted by atomic mass is 32.2. The molecule has 3 nitrogen and oxygen atoms in total. The molecule has 17 heavy (non-hydrogen) atoms. The third kappa shape index (κ3) is 3.23. The molecular weight excluding hydrogens is 248 g/mol. The van der Waals surface area contributed by atoms with Gasteiger partial charge in [0.25, 0.3) is 0 Å². The fourth-order valence-electron chi connectivity index (χ4n) is 1.18. The van der Waals surface area contributed by atoms with Crippen LogP contribution in [0.2, 0.25) is 0 Å². The van der Waals surface area contributed by atoms with Crippen LogP contribution in [0.1, 0.15) is 20.8 Å². The van der Waals surface area contributed by atoms with Crippen molar-refractivity contribution < 1.29 is 17.2 Å². The van der Waals surface area contributed by atoms with Gasteiger partial charge in [-0.15, -0.1) is 0 Å². The Morgan fingerprint density at radius 3 is 2.00 bits per heavy atom. The molecule has 0 amide bonds. The average Bonchev–Trinajstić information content (AvgIpc) is 2.15. The molecule has 1 N–H and O–H groups in total. The molecule has 1 atom stereocenters. The number of nitrogens with one attached hydrogen (secondary N) is 1. The summed E-state index contributed by atoms with van der Waals surface area (Å²) in [6.07, 6.45) is 0. The Morgan fingerprint density at radius 2 is 1.59 bits per heavy atom. The van der Waals surface area contributed by atoms with E-state index in [1.165, 1.54) is 0 Å². The van der Waals surface area contributed by atoms with Crippen LogP contribution in [0.15, 0.2) is 23.1 Å². The summed E-state index contributed by atoms with van der Waals surface area (Å²) in [6, 6.07) is 2.55. The third-order valence-corrected chi connectivity index (χ3v) is 4.14. The maximum absolute atomic E-state index is 13.3. The molecular formula is C11H15F2NO2S. The lowest BCUT2D eigenvalue weighted by atomic mass is 10.1. The van der Waals surface area contributed by atoms with Gasteiger partial charge in [-0.2, -0.15) is 0 Å². The van der Waals surface area contributed by atoms with Crippen molar-refractivity contribution in [2.24, 2.45) is 5.92 Å². The Balaban J connectivity index is 3.14. The molecule has 0 saturated heterocycles. The second-order valence-electron chi connectivity index (χ2n) is 4.20. The van der Waals surface area contributed by atoms with Gasteiger partial charge in [0, 0.05) is 6.04 Å². The predicted octanol–water partition coefficient (Wildman–Crippen LogP) is 2.29. The molecule has 0 radical (unpaired) electrons. The van der Waals surface area contributed by atoms with E-state index in [4.69, 9.17) is 0 Å². The van der Waals surface area contributed by atoms with E-state index in [0.717, 1.165) is 18.2 Å². The standard InChI is InChI=1S/C11H15F2NO2S/c1-7(2)8(3)14-17(15,16)11-9(12)5-4-6-10(11)13/h4-8,14H,1-3H3. The first-order chi connectivity index (χ1) is 7.75. The Morgan fingerprint density at radius 1 is 1.12 bits per heavy atom. The van der Waals surface area contributed by atoms with E-state index in [1.54, 1.807) is 6.92 Å². The molecule has 0 aliphatic carbocycles. The number of hydrogen-bond acceptors (Lipinski definition) is 2. The summed E-state index contributed by atoms with van der Waals surface area (Å²) in [5, 5.41) is 0. The first-order valence-corrected chi connectivity index (χ1v) is 6.70. The van der Waals surface area contributed by atoms with Crippen LogP contribution < -0.4 is 4.72 Å². The molecule has 6 heteroatoms. The SMILES string of the molecule is CC(C)C(C)NS(=O)(=O)c1c(F)cccc1F. The van der Waals surface area contributed by atoms with Gasteiger partial charge < -0.3 is 0 Å². The molecule has 1 unspecified atom stereocenters. The minimum atomic E-state index is -4.17. The molecule has 0 heterocycles. The first-order valence-electron chi connectivity index (χ1n) is 5.22. The summed E-state index contributed by atoms with van der Waals surface area (Å²) in [7, 11) is -4.17. The van der Waals surface area contributed by atoms with Crippen LogP contribution in [0.3, 0.4) is 0 Å². The zero-order chi connectivity index (χ0) is 13.2. The summed E-state index contributed by atoms with van der Waals surface area (Å²) >= 11 is 0. The van der Waals surface area contributed by atoms with Gasteiger partial charge in [0.1, 0.15) is 11.6 Å². The largest absolute Gasteiger partial charge is 0.246 e. The molecule has 0 bridgehead atoms. The summed E-state index contributed by atoms with van der Waals surface area (Å²) in [5.41, 5.74) is 0. The molecule has 1 aromatic rings. The predicted molar refractivity (Wildman–Crippen MR) is 61.0 cm³/mol. The molecule has 0 fully saturated rings. The summed E-state index contributed by atoms with van der Waals surface area (Å²) in [5.74, 6) is -2.15. The highest BCUT2D eigenvalue weighted by molar-refractivity contribution is 7.89. The van der Waals surface area contributed by atoms with Crippen LogP contribution in [-0.4, -0.2) is 14.5 Å². The minimum Gasteiger partial charge on any atom is -0.208 e. The summed E-state index contributed by atoms with van der Waals surface area (Å²) in [6.45, 7) is 5.26. The van der Waals surface area contributed by atoms with Crippen LogP contribution in [0.4, 0.5) is 8.78 Å². The van der Waals surface area contributed by atoms with Crippen LogP contribution in [0, 0.1) is 17.6 Å². The minimum absolute atomic E-state index is 0.0274. The average molecular weight is 263 g/mol. The number of sulfonamides is 1. The topological polar surface area (TPSA) is 46.2 Å². The highest BCUT2D eigenvalue weighted by Crippen LogP contribution is 2.19. The fourth-order valence-corrected chi connectivity index (χ4v) is 2.71. The maximum atomic E-state index is 13.3. The van der Waals surface area contributed by atoms with E-state index >= 15 is 0 Å². The molecule has 1 rings (SSSR count). The summed E-state index contributed by atoms with van der Waals surface area (Å²) in [4.78, 5) is -0.924. The molecule has 0 aromatic heterocycles. The third-order valence-electron chi connectivity index (χ3n) is 2.53. The monoisotopic (exact) mass is 263 g/mol. The summed E-state index contributed by atoms with van der Waals surface area (Å²) < 4.78 is 52.5. The van der Waals surface area contributed by atoms with Gasteiger partial charge in [-0.3, -0.25) is 0 Å². The Kier molecular flexibility index (Phi) is 4.21. The van der Waals surface area contributed by atoms with Crippen molar-refractivity contribution in [2.75, 3.05) is 0 Å². The van der Waals surface area contributed by atoms with Crippen molar-refractivity contribution in [2.45, 2.75) is 31.7 Å². The van der Waals surface area contributed by atoms with Crippen LogP contribution >= 0.6 is 0 Å². The van der Waals surface area contributed by atoms with Gasteiger partial charge in [-0.25, -0.2) is 21.9 Å². The molecule has 0 spiro atoms. The van der Waals surface area contributed by atoms with E-state index in [0.29, 0.717) is 0 Å². The van der Waals surface area contributed by atoms with Crippen molar-refractivity contribution in [1.29, 1.82) is 0 Å². The number of hydrogen-bond donors (Lipinski definition) is 1. The Labute approximate surface area is 99.9 Å². The van der Waals surface area contributed by atoms with Crippen molar-refractivity contribution in [3.63, 3.8) is 0 Å². The Hall–Kier alpha value is -1.01. The smallest absolute Gasteiger partial charge is 0.208 e. The molecule has 0 saturated carbocycles. The molecule has 1 aromatic carbocycles. The normalized spacial score (nSPS) is 14.0. The van der Waals surface area contributed by atoms with Crippen LogP contribution in [0.5, 0.6) is 0 Å². The van der Waals surface area contributed by atoms with Crippen molar-refractivity contribution in [1.82, 2.24) is 4.72 Å². The van der Waals surface area contributed by atoms with E-state index in [-0.39, 0.29) is 5.92 Å². The van der Waals surface area contributed by atoms with Crippen molar-refractivity contribution in [3.05, 3.63) is 29.8 Å². The van der Waals surface area contributed by atoms with E-state index in [9.17, 15) is 17.2 Å². The Bertz CT molecular complexity index is 480. The molecule has 0 aliphatic rings. The van der Waals surface area contributed by atoms with Crippen LogP contribution in [0.25, 0.3) is 0 Å². The van der Waals surface area contributed by atoms with Gasteiger partial charge in [0.05, 0.1) is 0 Å². The molecule has 0 aliphatic heterocycles. The first kappa shape index (κ1) is 14.1. The van der Waals surface area contributed by atoms with Gasteiger partial charge in [-0.1, -0.05) is 19.9 Å². The lowest BCUT2D eigenvalue weighted by molar-refractivity contribution is 0.466. The van der Waals surface area contributed by atoms with Crippen molar-refractivity contribution >= 4 is 10.0 Å². The number of benzene rings is 1. The van der Waals surface area contributed by atoms with Gasteiger partial charge >= 0.3 is 0 Å². The lowest BCUT2D eigenvalue weighted by Crippen LogP contribution is -2.36. The second-order valence-corrected chi connectivity index (χ2v) is 5.86. The van der Waals surface area contributed by atoms with E-state index < -0.39 is 32.6 Å². The lowest BCUT2D eigenvalue weighted by Gasteiger charge is -2.17. The number of rotatable bonds is 4. The second kappa shape index (κ2) is 5.10. The highest BCUT2D eigenvalue weighted by Gasteiger charge is 2.26. The van der Waals surface area contributed by atoms with E-state index in [1.807, 2.05) is 13.8 Å². The van der Waals surface area contributed by atoms with Gasteiger partial charge in [0.2, 0.25) is 10.0 Å². The van der Waals surface area contributed by atoms with Gasteiger partial charge in [0.15, 0.2) is 4.90 Å². The quantitative estimate of drug-likeness (QED) is 0.906. The zero-order valence-electron chi connectivity index (χ0n) is 9.87. The molecule has 96 valence electrons. The van der Waals surface area contributed by atoms with Crippen molar-refractivity contribution in [3.8, 4) is 0 Å². The van der Waals surface area contributed by atoms with Gasteiger partial charge in [-0.05, 0) is 25.0 Å². The van der Waals surface area contributed by atoms with Crippen LogP contribution in [-0.2, 0) is 10.0 Å². The number of halogens is 2. The maximum Gasteiger partial charge on any atom is 0.246 e. The zero-order valence-corrected chi connectivity index (χ0v) is 10.7.